The van der Waals surface area contributed by atoms with E-state index in [1.807, 2.05) is 38.1 Å². The molecule has 0 fully saturated rings. The number of carbonyl (C=O) groups excluding carboxylic acids is 1. The van der Waals surface area contributed by atoms with Gasteiger partial charge in [0.1, 0.15) is 18.1 Å². The Morgan fingerprint density at radius 2 is 2.21 bits per heavy atom. The van der Waals surface area contributed by atoms with Crippen LogP contribution in [0.25, 0.3) is 11.0 Å². The van der Waals surface area contributed by atoms with Crippen LogP contribution in [0.3, 0.4) is 0 Å². The number of aryl methyl sites for hydroxylation is 1. The fraction of sp³-hybridized carbons (Fsp3) is 0.476. The fourth-order valence-corrected chi connectivity index (χ4v) is 3.76. The number of carbonyl (C=O) groups is 1. The van der Waals surface area contributed by atoms with Crippen molar-refractivity contribution in [2.45, 2.75) is 58.7 Å². The summed E-state index contributed by atoms with van der Waals surface area (Å²) in [5.74, 6) is 1.81. The van der Waals surface area contributed by atoms with Gasteiger partial charge < -0.3 is 14.5 Å². The Balaban J connectivity index is 1.47. The average molecular weight is 398 g/mol. The Morgan fingerprint density at radius 3 is 3.03 bits per heavy atom. The van der Waals surface area contributed by atoms with Gasteiger partial charge in [0.25, 0.3) is 0 Å². The van der Waals surface area contributed by atoms with Gasteiger partial charge >= 0.3 is 5.69 Å². The number of benzene rings is 1. The van der Waals surface area contributed by atoms with Crippen LogP contribution in [0.4, 0.5) is 0 Å². The molecule has 1 N–H and O–H groups in total. The van der Waals surface area contributed by atoms with Crippen molar-refractivity contribution < 1.29 is 13.9 Å². The van der Waals surface area contributed by atoms with Gasteiger partial charge in [-0.25, -0.2) is 9.48 Å². The van der Waals surface area contributed by atoms with Crippen LogP contribution >= 0.6 is 0 Å². The van der Waals surface area contributed by atoms with E-state index in [1.54, 1.807) is 4.57 Å². The molecule has 0 spiro atoms. The lowest BCUT2D eigenvalue weighted by Crippen LogP contribution is -2.34. The smallest absolute Gasteiger partial charge is 0.346 e. The van der Waals surface area contributed by atoms with Crippen molar-refractivity contribution in [3.8, 4) is 5.75 Å². The van der Waals surface area contributed by atoms with E-state index >= 15 is 0 Å². The molecule has 1 amide bonds. The summed E-state index contributed by atoms with van der Waals surface area (Å²) in [4.78, 5) is 25.1. The van der Waals surface area contributed by atoms with Crippen LogP contribution in [-0.2, 0) is 24.3 Å². The highest BCUT2D eigenvalue weighted by Gasteiger charge is 2.20. The number of nitrogens with zero attached hydrogens (tertiary/aromatic N) is 3. The number of hydrogen-bond donors (Lipinski definition) is 1. The lowest BCUT2D eigenvalue weighted by atomic mass is 10.2. The van der Waals surface area contributed by atoms with Gasteiger partial charge in [-0.1, -0.05) is 18.6 Å². The number of ether oxygens (including phenoxy) is 1. The number of rotatable bonds is 6. The maximum absolute atomic E-state index is 12.5. The van der Waals surface area contributed by atoms with Crippen LogP contribution in [0.1, 0.15) is 50.7 Å². The number of para-hydroxylation sites is 1. The number of hydrogen-bond acceptors (Lipinski definition) is 5. The third-order valence-electron chi connectivity index (χ3n) is 5.21. The molecule has 3 aromatic rings. The van der Waals surface area contributed by atoms with Gasteiger partial charge in [-0.15, -0.1) is 0 Å². The zero-order chi connectivity index (χ0) is 20.4. The molecular formula is C21H26N4O4. The van der Waals surface area contributed by atoms with Gasteiger partial charge in [0.05, 0.1) is 12.6 Å². The van der Waals surface area contributed by atoms with E-state index in [4.69, 9.17) is 9.15 Å². The summed E-state index contributed by atoms with van der Waals surface area (Å²) in [6.07, 6.45) is 3.87. The SMILES string of the molecule is CCOc1cccc2cc(C(C)NC(=O)Cn3nc4n(c3=O)CCCCC4)oc12. The lowest BCUT2D eigenvalue weighted by Gasteiger charge is -2.11. The van der Waals surface area contributed by atoms with Crippen molar-refractivity contribution in [2.24, 2.45) is 0 Å². The van der Waals surface area contributed by atoms with Crippen LogP contribution in [0.2, 0.25) is 0 Å². The number of fused-ring (bicyclic) bond motifs is 2. The van der Waals surface area contributed by atoms with Crippen molar-refractivity contribution >= 4 is 16.9 Å². The van der Waals surface area contributed by atoms with Crippen LogP contribution in [0.15, 0.2) is 33.5 Å². The summed E-state index contributed by atoms with van der Waals surface area (Å²) in [5.41, 5.74) is 0.453. The zero-order valence-corrected chi connectivity index (χ0v) is 16.8. The van der Waals surface area contributed by atoms with Crippen molar-refractivity contribution in [2.75, 3.05) is 6.61 Å². The summed E-state index contributed by atoms with van der Waals surface area (Å²) in [6, 6.07) is 7.26. The topological polar surface area (TPSA) is 91.3 Å². The van der Waals surface area contributed by atoms with Gasteiger partial charge in [0.2, 0.25) is 5.91 Å². The van der Waals surface area contributed by atoms with Crippen molar-refractivity contribution in [3.63, 3.8) is 0 Å². The molecule has 0 bridgehead atoms. The summed E-state index contributed by atoms with van der Waals surface area (Å²) in [7, 11) is 0. The van der Waals surface area contributed by atoms with Gasteiger partial charge in [-0.05, 0) is 38.8 Å². The Morgan fingerprint density at radius 1 is 1.34 bits per heavy atom. The lowest BCUT2D eigenvalue weighted by molar-refractivity contribution is -0.122. The van der Waals surface area contributed by atoms with E-state index in [0.29, 0.717) is 30.2 Å². The quantitative estimate of drug-likeness (QED) is 0.689. The van der Waals surface area contributed by atoms with Gasteiger partial charge in [0.15, 0.2) is 11.3 Å². The molecule has 8 nitrogen and oxygen atoms in total. The van der Waals surface area contributed by atoms with Gasteiger partial charge in [-0.3, -0.25) is 9.36 Å². The molecule has 29 heavy (non-hydrogen) atoms. The second-order valence-corrected chi connectivity index (χ2v) is 7.36. The average Bonchev–Trinajstić information content (AvgIpc) is 3.16. The Hall–Kier alpha value is -3.03. The minimum Gasteiger partial charge on any atom is -0.490 e. The highest BCUT2D eigenvalue weighted by molar-refractivity contribution is 5.84. The van der Waals surface area contributed by atoms with Gasteiger partial charge in [-0.2, -0.15) is 5.10 Å². The summed E-state index contributed by atoms with van der Waals surface area (Å²) >= 11 is 0. The first-order valence-corrected chi connectivity index (χ1v) is 10.2. The molecule has 8 heteroatoms. The molecular weight excluding hydrogens is 372 g/mol. The van der Waals surface area contributed by atoms with E-state index < -0.39 is 0 Å². The minimum absolute atomic E-state index is 0.104. The first-order chi connectivity index (χ1) is 14.1. The van der Waals surface area contributed by atoms with Crippen molar-refractivity contribution in [1.82, 2.24) is 19.7 Å². The largest absolute Gasteiger partial charge is 0.490 e. The molecule has 0 saturated carbocycles. The molecule has 154 valence electrons. The molecule has 1 unspecified atom stereocenters. The van der Waals surface area contributed by atoms with E-state index in [0.717, 1.165) is 36.9 Å². The maximum Gasteiger partial charge on any atom is 0.346 e. The number of aromatic nitrogens is 3. The minimum atomic E-state index is -0.347. The molecule has 4 rings (SSSR count). The van der Waals surface area contributed by atoms with E-state index in [9.17, 15) is 9.59 Å². The Kier molecular flexibility index (Phi) is 5.42. The van der Waals surface area contributed by atoms with Crippen LogP contribution in [0.5, 0.6) is 5.75 Å². The second-order valence-electron chi connectivity index (χ2n) is 7.36. The van der Waals surface area contributed by atoms with E-state index in [-0.39, 0.29) is 24.2 Å². The monoisotopic (exact) mass is 398 g/mol. The molecule has 3 heterocycles. The molecule has 1 atom stereocenters. The highest BCUT2D eigenvalue weighted by atomic mass is 16.5. The predicted molar refractivity (Wildman–Crippen MR) is 108 cm³/mol. The highest BCUT2D eigenvalue weighted by Crippen LogP contribution is 2.31. The molecule has 1 aliphatic rings. The molecule has 1 aromatic carbocycles. The Labute approximate surface area is 168 Å². The second kappa shape index (κ2) is 8.14. The standard InChI is InChI=1S/C21H26N4O4/c1-3-28-16-9-7-8-15-12-17(29-20(15)16)14(2)22-19(26)13-25-21(27)24-11-6-4-5-10-18(24)23-25/h7-9,12,14H,3-6,10-11,13H2,1-2H3,(H,22,26). The molecule has 2 aromatic heterocycles. The fourth-order valence-electron chi connectivity index (χ4n) is 3.76. The van der Waals surface area contributed by atoms with E-state index in [2.05, 4.69) is 10.4 Å². The third kappa shape index (κ3) is 3.92. The summed E-state index contributed by atoms with van der Waals surface area (Å²) in [6.45, 7) is 4.88. The molecule has 0 aliphatic carbocycles. The van der Waals surface area contributed by atoms with E-state index in [1.165, 1.54) is 4.68 Å². The Bertz CT molecular complexity index is 1080. The summed E-state index contributed by atoms with van der Waals surface area (Å²) < 4.78 is 14.5. The predicted octanol–water partition coefficient (Wildman–Crippen LogP) is 2.79. The van der Waals surface area contributed by atoms with Crippen LogP contribution < -0.4 is 15.7 Å². The molecule has 0 radical (unpaired) electrons. The van der Waals surface area contributed by atoms with Crippen LogP contribution in [0, 0.1) is 0 Å². The van der Waals surface area contributed by atoms with Gasteiger partial charge in [0, 0.05) is 18.4 Å². The van der Waals surface area contributed by atoms with Crippen molar-refractivity contribution in [1.29, 1.82) is 0 Å². The molecule has 0 saturated heterocycles. The normalized spacial score (nSPS) is 15.0. The number of amides is 1. The first-order valence-electron chi connectivity index (χ1n) is 10.2. The zero-order valence-electron chi connectivity index (χ0n) is 16.8. The van der Waals surface area contributed by atoms with Crippen LogP contribution in [-0.4, -0.2) is 26.9 Å². The number of furan rings is 1. The summed E-state index contributed by atoms with van der Waals surface area (Å²) in [5, 5.41) is 8.18. The van der Waals surface area contributed by atoms with Crippen molar-refractivity contribution in [3.05, 3.63) is 46.3 Å². The first kappa shape index (κ1) is 19.3. The maximum atomic E-state index is 12.5. The third-order valence-corrected chi connectivity index (χ3v) is 5.21. The number of nitrogens with one attached hydrogen (secondary N) is 1. The molecule has 1 aliphatic heterocycles.